The highest BCUT2D eigenvalue weighted by molar-refractivity contribution is 6.30. The van der Waals surface area contributed by atoms with Crippen molar-refractivity contribution in [2.45, 2.75) is 37.8 Å². The number of halogens is 4. The molecule has 0 N–H and O–H groups in total. The molecule has 1 aliphatic heterocycles. The van der Waals surface area contributed by atoms with Gasteiger partial charge in [-0.25, -0.2) is 4.98 Å². The smallest absolute Gasteiger partial charge is 0.343 e. The van der Waals surface area contributed by atoms with Crippen LogP contribution in [0.5, 0.6) is 0 Å². The minimum atomic E-state index is -4.48. The van der Waals surface area contributed by atoms with Gasteiger partial charge in [-0.3, -0.25) is 4.79 Å². The van der Waals surface area contributed by atoms with Gasteiger partial charge in [0.1, 0.15) is 5.65 Å². The Kier molecular flexibility index (Phi) is 7.24. The predicted octanol–water partition coefficient (Wildman–Crippen LogP) is 7.01. The minimum absolute atomic E-state index is 0.0466. The lowest BCUT2D eigenvalue weighted by Crippen LogP contribution is -2.39. The number of imidazole rings is 1. The van der Waals surface area contributed by atoms with Gasteiger partial charge in [0, 0.05) is 37.8 Å². The quantitative estimate of drug-likeness (QED) is 0.271. The second kappa shape index (κ2) is 10.6. The molecule has 0 aliphatic carbocycles. The van der Waals surface area contributed by atoms with E-state index in [1.165, 1.54) is 11.6 Å². The van der Waals surface area contributed by atoms with Gasteiger partial charge in [-0.05, 0) is 54.5 Å². The number of rotatable bonds is 6. The molecule has 1 unspecified atom stereocenters. The summed E-state index contributed by atoms with van der Waals surface area (Å²) in [5.74, 6) is -0.172. The first kappa shape index (κ1) is 25.3. The molecule has 0 radical (unpaired) electrons. The Balaban J connectivity index is 1.38. The monoisotopic (exact) mass is 525 g/mol. The largest absolute Gasteiger partial charge is 0.416 e. The first-order valence-corrected chi connectivity index (χ1v) is 12.8. The lowest BCUT2D eigenvalue weighted by Gasteiger charge is -2.33. The second-order valence-corrected chi connectivity index (χ2v) is 10.1. The van der Waals surface area contributed by atoms with Crippen LogP contribution in [0.4, 0.5) is 13.2 Å². The van der Waals surface area contributed by atoms with Crippen molar-refractivity contribution in [3.8, 4) is 0 Å². The predicted molar refractivity (Wildman–Crippen MR) is 138 cm³/mol. The summed E-state index contributed by atoms with van der Waals surface area (Å²) in [5, 5.41) is 0.473. The maximum atomic E-state index is 13.5. The van der Waals surface area contributed by atoms with Crippen LogP contribution in [0.2, 0.25) is 5.02 Å². The molecule has 0 bridgehead atoms. The molecule has 2 aromatic carbocycles. The number of alkyl halides is 3. The van der Waals surface area contributed by atoms with Gasteiger partial charge < -0.3 is 9.30 Å². The number of hydrogen-bond donors (Lipinski definition) is 0. The highest BCUT2D eigenvalue weighted by Crippen LogP contribution is 2.35. The van der Waals surface area contributed by atoms with Crippen LogP contribution < -0.4 is 0 Å². The molecule has 8 heteroatoms. The number of amides is 1. The van der Waals surface area contributed by atoms with Crippen LogP contribution in [-0.2, 0) is 17.4 Å². The van der Waals surface area contributed by atoms with Crippen molar-refractivity contribution in [2.75, 3.05) is 13.1 Å². The molecule has 192 valence electrons. The maximum Gasteiger partial charge on any atom is 0.416 e. The number of aromatic nitrogens is 2. The van der Waals surface area contributed by atoms with Crippen LogP contribution >= 0.6 is 11.6 Å². The summed E-state index contributed by atoms with van der Waals surface area (Å²) in [5.41, 5.74) is 2.22. The van der Waals surface area contributed by atoms with Crippen molar-refractivity contribution < 1.29 is 18.0 Å². The van der Waals surface area contributed by atoms with E-state index < -0.39 is 17.7 Å². The number of likely N-dealkylation sites (tertiary alicyclic amines) is 1. The molecule has 1 fully saturated rings. The highest BCUT2D eigenvalue weighted by atomic mass is 35.5. The number of carbonyl (C=O) groups is 1. The third-order valence-electron chi connectivity index (χ3n) is 7.18. The van der Waals surface area contributed by atoms with Gasteiger partial charge in [-0.1, -0.05) is 60.1 Å². The Hall–Kier alpha value is -3.32. The lowest BCUT2D eigenvalue weighted by molar-refractivity contribution is -0.137. The molecule has 3 heterocycles. The zero-order valence-corrected chi connectivity index (χ0v) is 20.9. The van der Waals surface area contributed by atoms with E-state index in [0.717, 1.165) is 31.4 Å². The molecule has 5 rings (SSSR count). The van der Waals surface area contributed by atoms with Gasteiger partial charge >= 0.3 is 6.18 Å². The number of fused-ring (bicyclic) bond motifs is 1. The average molecular weight is 526 g/mol. The van der Waals surface area contributed by atoms with Gasteiger partial charge in [0.2, 0.25) is 5.91 Å². The number of nitrogens with zero attached hydrogens (tertiary/aromatic N) is 3. The molecule has 0 spiro atoms. The Morgan fingerprint density at radius 2 is 1.78 bits per heavy atom. The summed E-state index contributed by atoms with van der Waals surface area (Å²) < 4.78 is 42.3. The van der Waals surface area contributed by atoms with Gasteiger partial charge in [0.25, 0.3) is 0 Å². The molecule has 4 nitrogen and oxygen atoms in total. The van der Waals surface area contributed by atoms with Crippen LogP contribution in [-0.4, -0.2) is 33.3 Å². The SMILES string of the molecule is O=C(CC(c1cccc(C(F)(F)F)c1)c1cnc2ccc(Cl)cn12)N1CCC(Cc2ccccc2)CC1. The van der Waals surface area contributed by atoms with Crippen molar-refractivity contribution in [1.82, 2.24) is 14.3 Å². The van der Waals surface area contributed by atoms with E-state index in [0.29, 0.717) is 40.9 Å². The summed E-state index contributed by atoms with van der Waals surface area (Å²) in [6, 6.07) is 19.0. The fourth-order valence-corrected chi connectivity index (χ4v) is 5.35. The van der Waals surface area contributed by atoms with Gasteiger partial charge in [0.05, 0.1) is 16.3 Å². The van der Waals surface area contributed by atoms with Crippen LogP contribution in [0.15, 0.2) is 79.1 Å². The normalized spacial score (nSPS) is 15.7. The molecule has 37 heavy (non-hydrogen) atoms. The molecule has 2 aromatic heterocycles. The molecule has 4 aromatic rings. The van der Waals surface area contributed by atoms with E-state index in [1.54, 1.807) is 35.0 Å². The summed E-state index contributed by atoms with van der Waals surface area (Å²) in [7, 11) is 0. The van der Waals surface area contributed by atoms with Crippen molar-refractivity contribution in [2.24, 2.45) is 5.92 Å². The number of pyridine rings is 1. The van der Waals surface area contributed by atoms with Crippen molar-refractivity contribution in [3.05, 3.63) is 107 Å². The van der Waals surface area contributed by atoms with Gasteiger partial charge in [-0.15, -0.1) is 0 Å². The molecular weight excluding hydrogens is 499 g/mol. The number of carbonyl (C=O) groups excluding carboxylic acids is 1. The molecule has 1 aliphatic rings. The highest BCUT2D eigenvalue weighted by Gasteiger charge is 2.33. The van der Waals surface area contributed by atoms with Crippen molar-refractivity contribution in [1.29, 1.82) is 0 Å². The molecule has 1 saturated heterocycles. The van der Waals surface area contributed by atoms with Crippen LogP contribution in [0, 0.1) is 5.92 Å². The number of hydrogen-bond acceptors (Lipinski definition) is 2. The Bertz CT molecular complexity index is 1380. The fraction of sp³-hybridized carbons (Fsp3) is 0.310. The molecular formula is C29H27ClF3N3O. The van der Waals surface area contributed by atoms with E-state index in [2.05, 4.69) is 17.1 Å². The number of piperidine rings is 1. The van der Waals surface area contributed by atoms with E-state index >= 15 is 0 Å². The standard InChI is InChI=1S/C29H27ClF3N3O/c30-24-9-10-27-34-18-26(36(27)19-24)25(22-7-4-8-23(16-22)29(31,32)33)17-28(37)35-13-11-21(12-14-35)15-20-5-2-1-3-6-20/h1-10,16,18-19,21,25H,11-15,17H2. The van der Waals surface area contributed by atoms with Crippen molar-refractivity contribution in [3.63, 3.8) is 0 Å². The lowest BCUT2D eigenvalue weighted by atomic mass is 9.88. The van der Waals surface area contributed by atoms with Crippen LogP contribution in [0.25, 0.3) is 5.65 Å². The first-order valence-electron chi connectivity index (χ1n) is 12.4. The van der Waals surface area contributed by atoms with Gasteiger partial charge in [-0.2, -0.15) is 13.2 Å². The topological polar surface area (TPSA) is 37.6 Å². The average Bonchev–Trinajstić information content (AvgIpc) is 3.30. The van der Waals surface area contributed by atoms with E-state index in [4.69, 9.17) is 11.6 Å². The van der Waals surface area contributed by atoms with Crippen LogP contribution in [0.3, 0.4) is 0 Å². The summed E-state index contributed by atoms with van der Waals surface area (Å²) >= 11 is 6.21. The van der Waals surface area contributed by atoms with E-state index in [-0.39, 0.29) is 12.3 Å². The minimum Gasteiger partial charge on any atom is -0.343 e. The van der Waals surface area contributed by atoms with E-state index in [1.807, 2.05) is 23.1 Å². The third-order valence-corrected chi connectivity index (χ3v) is 7.41. The summed E-state index contributed by atoms with van der Waals surface area (Å²) in [6.45, 7) is 1.29. The molecule has 0 saturated carbocycles. The van der Waals surface area contributed by atoms with Crippen molar-refractivity contribution >= 4 is 23.2 Å². The summed E-state index contributed by atoms with van der Waals surface area (Å²) in [4.78, 5) is 19.7. The van der Waals surface area contributed by atoms with Gasteiger partial charge in [0.15, 0.2) is 0 Å². The molecule has 1 amide bonds. The maximum absolute atomic E-state index is 13.5. The fourth-order valence-electron chi connectivity index (χ4n) is 5.19. The number of benzene rings is 2. The van der Waals surface area contributed by atoms with Crippen LogP contribution in [0.1, 0.15) is 47.6 Å². The second-order valence-electron chi connectivity index (χ2n) is 9.65. The Morgan fingerprint density at radius 3 is 2.51 bits per heavy atom. The Labute approximate surface area is 218 Å². The zero-order valence-electron chi connectivity index (χ0n) is 20.2. The van der Waals surface area contributed by atoms with E-state index in [9.17, 15) is 18.0 Å². The third kappa shape index (κ3) is 5.82. The molecule has 1 atom stereocenters. The zero-order chi connectivity index (χ0) is 26.0. The Morgan fingerprint density at radius 1 is 1.03 bits per heavy atom. The first-order chi connectivity index (χ1) is 17.8. The summed E-state index contributed by atoms with van der Waals surface area (Å²) in [6.07, 6.45) is 1.66.